The van der Waals surface area contributed by atoms with E-state index in [0.29, 0.717) is 0 Å². The maximum atomic E-state index is 5.65. The quantitative estimate of drug-likeness (QED) is 0.149. The molecule has 0 aliphatic heterocycles. The Morgan fingerprint density at radius 1 is 0.171 bits per heavy atom. The largest absolute Gasteiger partial charge is 0.456 e. The zero-order chi connectivity index (χ0) is 84.4. The summed E-state index contributed by atoms with van der Waals surface area (Å²) in [6.45, 7) is 36.6. The molecule has 2 heteroatoms. The molecule has 2 aromatic heterocycles. The third-order valence-corrected chi connectivity index (χ3v) is 19.7. The van der Waals surface area contributed by atoms with Crippen LogP contribution in [0.3, 0.4) is 0 Å². The van der Waals surface area contributed by atoms with Gasteiger partial charge in [0.25, 0.3) is 0 Å². The Morgan fingerprint density at radius 2 is 0.376 bits per heavy atom. The number of benzene rings is 18. The van der Waals surface area contributed by atoms with E-state index in [0.717, 1.165) is 11.2 Å². The van der Waals surface area contributed by atoms with Gasteiger partial charge in [-0.05, 0) is 122 Å². The van der Waals surface area contributed by atoms with Gasteiger partial charge in [-0.25, -0.2) is 0 Å². The third-order valence-electron chi connectivity index (χ3n) is 18.6. The van der Waals surface area contributed by atoms with E-state index in [2.05, 4.69) is 354 Å². The monoisotopic (exact) mass is 1550 g/mol. The Morgan fingerprint density at radius 3 is 0.675 bits per heavy atom. The minimum absolute atomic E-state index is 0.160. The maximum absolute atomic E-state index is 5.65. The van der Waals surface area contributed by atoms with Crippen LogP contribution in [0, 0.1) is 0 Å². The van der Waals surface area contributed by atoms with E-state index in [4.69, 9.17) is 4.42 Å². The zero-order valence-electron chi connectivity index (χ0n) is 72.7. The summed E-state index contributed by atoms with van der Waals surface area (Å²) in [5, 5.41) is 21.1. The van der Waals surface area contributed by atoms with Crippen molar-refractivity contribution in [2.24, 2.45) is 0 Å². The molecule has 117 heavy (non-hydrogen) atoms. The Bertz CT molecular complexity index is 5410. The fourth-order valence-corrected chi connectivity index (χ4v) is 14.7. The van der Waals surface area contributed by atoms with Crippen molar-refractivity contribution in [2.45, 2.75) is 130 Å². The molecule has 1 aliphatic rings. The van der Waals surface area contributed by atoms with Crippen LogP contribution in [0.25, 0.3) is 129 Å². The van der Waals surface area contributed by atoms with Gasteiger partial charge in [-0.3, -0.25) is 0 Å². The Balaban J connectivity index is 0.000000204. The number of rotatable bonds is 1. The number of furan rings is 1. The lowest BCUT2D eigenvalue weighted by Crippen LogP contribution is -2.14. The second kappa shape index (κ2) is 52.8. The number of fused-ring (bicyclic) bond motifs is 19. The highest BCUT2D eigenvalue weighted by atomic mass is 32.1. The number of hydrogen-bond donors (Lipinski definition) is 0. The molecule has 0 radical (unpaired) electrons. The Hall–Kier alpha value is -12.5. The fraction of sp³-hybridized carbons (Fsp3) is 0.165. The predicted molar refractivity (Wildman–Crippen MR) is 531 cm³/mol. The first-order chi connectivity index (χ1) is 57.9. The molecule has 2 heterocycles. The van der Waals surface area contributed by atoms with Crippen LogP contribution in [0.1, 0.15) is 136 Å². The van der Waals surface area contributed by atoms with Gasteiger partial charge in [0, 0.05) is 36.4 Å². The van der Waals surface area contributed by atoms with Crippen molar-refractivity contribution >= 4 is 118 Å². The van der Waals surface area contributed by atoms with E-state index in [9.17, 15) is 0 Å². The van der Waals surface area contributed by atoms with Crippen LogP contribution in [0.5, 0.6) is 0 Å². The lowest BCUT2D eigenvalue weighted by atomic mass is 9.82. The van der Waals surface area contributed by atoms with Crippen LogP contribution < -0.4 is 0 Å². The molecule has 0 amide bonds. The number of thiophene rings is 1. The molecule has 0 saturated heterocycles. The second-order valence-corrected chi connectivity index (χ2v) is 26.4. The molecule has 1 nitrogen and oxygen atoms in total. The predicted octanol–water partition coefficient (Wildman–Crippen LogP) is 36.9. The van der Waals surface area contributed by atoms with Gasteiger partial charge >= 0.3 is 0 Å². The average Bonchev–Trinajstić information content (AvgIpc) is 1.27. The summed E-state index contributed by atoms with van der Waals surface area (Å²) >= 11 is 1.86. The van der Waals surface area contributed by atoms with E-state index >= 15 is 0 Å². The van der Waals surface area contributed by atoms with Crippen LogP contribution in [0.15, 0.2) is 429 Å². The zero-order valence-corrected chi connectivity index (χ0v) is 73.5. The summed E-state index contributed by atoms with van der Waals surface area (Å²) in [6, 6.07) is 148. The van der Waals surface area contributed by atoms with Crippen molar-refractivity contribution in [1.82, 2.24) is 0 Å². The first kappa shape index (κ1) is 93.4. The van der Waals surface area contributed by atoms with Gasteiger partial charge in [-0.1, -0.05) is 525 Å². The number of para-hydroxylation sites is 2. The van der Waals surface area contributed by atoms with Gasteiger partial charge in [0.15, 0.2) is 0 Å². The summed E-state index contributed by atoms with van der Waals surface area (Å²) in [7, 11) is 0. The van der Waals surface area contributed by atoms with E-state index in [-0.39, 0.29) is 5.41 Å². The summed E-state index contributed by atoms with van der Waals surface area (Å²) in [6.07, 6.45) is 0. The van der Waals surface area contributed by atoms with E-state index in [1.807, 2.05) is 207 Å². The van der Waals surface area contributed by atoms with Crippen molar-refractivity contribution in [3.8, 4) is 22.3 Å². The molecule has 18 aromatic carbocycles. The van der Waals surface area contributed by atoms with Crippen LogP contribution in [0.4, 0.5) is 0 Å². The van der Waals surface area contributed by atoms with Gasteiger partial charge < -0.3 is 4.42 Å². The lowest BCUT2D eigenvalue weighted by molar-refractivity contribution is 0.660. The molecule has 0 fully saturated rings. The third kappa shape index (κ3) is 25.3. The molecule has 0 unspecified atom stereocenters. The molecule has 596 valence electrons. The standard InChI is InChI=1S/C18H12.C15H14.C14H10.C12H8O.C12H8S.C12H10.C10H8.C6H6.8C2H6/c1-2-8-14-13(7-1)15-9-3-4-11-17(15)18-12-6-5-10-16(14)18;1-15(2)13-9-5-3-7-11(13)12-8-4-6-10-14(12)15;1-3-7-13-11(5-1)9-10-12-6-2-4-8-14(12)13;2*1-3-7-11-9(5-1)10-6-2-4-8-12(10)13-11;1-3-7-11(8-4-1)12-9-5-2-6-10-12;1-2-6-10-8-4-3-7-9(10)5-1;1-2-4-6-5-3-1;8*1-2/h1-12H;3-10H,1-2H3;1-10H;2*1-8H;1-10H;1-8H;1-6H;8*1-2H3. The fourth-order valence-electron chi connectivity index (χ4n) is 13.6. The number of hydrogen-bond acceptors (Lipinski definition) is 2. The van der Waals surface area contributed by atoms with Crippen LogP contribution >= 0.6 is 11.3 Å². The highest BCUT2D eigenvalue weighted by Crippen LogP contribution is 2.48. The molecular formula is C115H124OS. The Labute approximate surface area is 705 Å². The smallest absolute Gasteiger partial charge is 0.135 e. The normalized spacial score (nSPS) is 10.2. The van der Waals surface area contributed by atoms with Crippen molar-refractivity contribution in [2.75, 3.05) is 0 Å². The van der Waals surface area contributed by atoms with Crippen molar-refractivity contribution in [3.05, 3.63) is 436 Å². The van der Waals surface area contributed by atoms with E-state index in [1.165, 1.54) is 129 Å². The van der Waals surface area contributed by atoms with E-state index in [1.54, 1.807) is 0 Å². The molecular weight excluding hydrogens is 1430 g/mol. The van der Waals surface area contributed by atoms with Gasteiger partial charge in [-0.2, -0.15) is 0 Å². The lowest BCUT2D eigenvalue weighted by Gasteiger charge is -2.20. The van der Waals surface area contributed by atoms with Crippen LogP contribution in [-0.4, -0.2) is 0 Å². The first-order valence-corrected chi connectivity index (χ1v) is 43.4. The van der Waals surface area contributed by atoms with Gasteiger partial charge in [0.1, 0.15) is 11.2 Å². The molecule has 21 rings (SSSR count). The van der Waals surface area contributed by atoms with Crippen molar-refractivity contribution in [1.29, 1.82) is 0 Å². The van der Waals surface area contributed by atoms with Crippen molar-refractivity contribution in [3.63, 3.8) is 0 Å². The van der Waals surface area contributed by atoms with Gasteiger partial charge in [0.2, 0.25) is 0 Å². The van der Waals surface area contributed by atoms with Gasteiger partial charge in [0.05, 0.1) is 0 Å². The highest BCUT2D eigenvalue weighted by Gasteiger charge is 2.34. The minimum atomic E-state index is 0.160. The molecule has 20 aromatic rings. The highest BCUT2D eigenvalue weighted by molar-refractivity contribution is 7.25. The van der Waals surface area contributed by atoms with E-state index < -0.39 is 0 Å². The molecule has 0 spiro atoms. The summed E-state index contributed by atoms with van der Waals surface area (Å²) in [5.74, 6) is 0. The summed E-state index contributed by atoms with van der Waals surface area (Å²) in [4.78, 5) is 0. The molecule has 0 saturated carbocycles. The minimum Gasteiger partial charge on any atom is -0.456 e. The van der Waals surface area contributed by atoms with Crippen molar-refractivity contribution < 1.29 is 4.42 Å². The SMILES string of the molecule is CC.CC.CC.CC.CC.CC.CC.CC.CC1(C)c2ccccc2-c2ccccc21.c1ccc(-c2ccccc2)cc1.c1ccc2c(c1)c1ccccc1c1ccccc21.c1ccc2c(c1)ccc1ccccc12.c1ccc2c(c1)oc1ccccc12.c1ccc2c(c1)sc1ccccc12.c1ccc2ccccc2c1.c1ccccc1. The second-order valence-electron chi connectivity index (χ2n) is 25.3. The molecule has 1 aliphatic carbocycles. The topological polar surface area (TPSA) is 13.1 Å². The maximum Gasteiger partial charge on any atom is 0.135 e. The van der Waals surface area contributed by atoms with Gasteiger partial charge in [-0.15, -0.1) is 11.3 Å². The average molecular weight is 1550 g/mol. The summed E-state index contributed by atoms with van der Waals surface area (Å²) < 4.78 is 8.41. The first-order valence-electron chi connectivity index (χ1n) is 42.6. The Kier molecular flexibility index (Phi) is 42.2. The van der Waals surface area contributed by atoms with Crippen LogP contribution in [-0.2, 0) is 5.41 Å². The molecule has 0 N–H and O–H groups in total. The molecule has 0 atom stereocenters. The molecule has 0 bridgehead atoms. The summed E-state index contributed by atoms with van der Waals surface area (Å²) in [5.41, 5.74) is 10.3. The van der Waals surface area contributed by atoms with Crippen LogP contribution in [0.2, 0.25) is 0 Å².